The number of aromatic nitrogens is 2. The lowest BCUT2D eigenvalue weighted by Gasteiger charge is -2.07. The third kappa shape index (κ3) is 1.58. The van der Waals surface area contributed by atoms with Crippen molar-refractivity contribution >= 4 is 5.97 Å². The normalized spacial score (nSPS) is 10.4. The molecule has 4 heteroatoms. The van der Waals surface area contributed by atoms with Crippen LogP contribution in [0.4, 0.5) is 0 Å². The quantitative estimate of drug-likeness (QED) is 0.837. The molecule has 0 spiro atoms. The molecule has 0 aliphatic rings. The average Bonchev–Trinajstić information content (AvgIpc) is 2.61. The molecule has 1 aromatic carbocycles. The number of aryl methyl sites for hydroxylation is 1. The minimum absolute atomic E-state index is 0.239. The number of carboxylic acid groups (broad SMARTS) is 1. The molecular formula is C12H12N2O2. The first kappa shape index (κ1) is 10.4. The number of carboxylic acids is 1. The molecule has 2 aromatic rings. The van der Waals surface area contributed by atoms with Crippen molar-refractivity contribution in [2.75, 3.05) is 0 Å². The molecule has 16 heavy (non-hydrogen) atoms. The predicted molar refractivity (Wildman–Crippen MR) is 60.0 cm³/mol. The monoisotopic (exact) mass is 216 g/mol. The van der Waals surface area contributed by atoms with Crippen LogP contribution in [-0.4, -0.2) is 20.9 Å². The van der Waals surface area contributed by atoms with E-state index in [0.29, 0.717) is 5.69 Å². The van der Waals surface area contributed by atoms with Crippen molar-refractivity contribution in [1.82, 2.24) is 9.78 Å². The van der Waals surface area contributed by atoms with Gasteiger partial charge in [0.05, 0.1) is 17.6 Å². The van der Waals surface area contributed by atoms with E-state index in [2.05, 4.69) is 5.10 Å². The van der Waals surface area contributed by atoms with Crippen LogP contribution in [0.1, 0.15) is 21.6 Å². The third-order valence-electron chi connectivity index (χ3n) is 2.58. The second-order valence-electron chi connectivity index (χ2n) is 3.65. The van der Waals surface area contributed by atoms with Crippen molar-refractivity contribution in [1.29, 1.82) is 0 Å². The molecule has 4 nitrogen and oxygen atoms in total. The second kappa shape index (κ2) is 3.81. The van der Waals surface area contributed by atoms with Gasteiger partial charge in [-0.25, -0.2) is 9.48 Å². The van der Waals surface area contributed by atoms with Crippen LogP contribution in [0.5, 0.6) is 0 Å². The van der Waals surface area contributed by atoms with Gasteiger partial charge in [0.15, 0.2) is 0 Å². The maximum Gasteiger partial charge on any atom is 0.339 e. The molecule has 82 valence electrons. The van der Waals surface area contributed by atoms with Gasteiger partial charge in [-0.1, -0.05) is 18.2 Å². The van der Waals surface area contributed by atoms with Crippen LogP contribution >= 0.6 is 0 Å². The van der Waals surface area contributed by atoms with E-state index in [9.17, 15) is 4.79 Å². The van der Waals surface area contributed by atoms with Gasteiger partial charge >= 0.3 is 5.97 Å². The zero-order valence-corrected chi connectivity index (χ0v) is 9.14. The van der Waals surface area contributed by atoms with Crippen molar-refractivity contribution in [3.63, 3.8) is 0 Å². The topological polar surface area (TPSA) is 55.1 Å². The SMILES string of the molecule is Cc1ccccc1-n1ncc(C(=O)O)c1C. The van der Waals surface area contributed by atoms with E-state index < -0.39 is 5.97 Å². The van der Waals surface area contributed by atoms with Gasteiger partial charge < -0.3 is 5.11 Å². The smallest absolute Gasteiger partial charge is 0.339 e. The first-order valence-electron chi connectivity index (χ1n) is 4.95. The number of para-hydroxylation sites is 1. The van der Waals surface area contributed by atoms with Gasteiger partial charge in [0.2, 0.25) is 0 Å². The van der Waals surface area contributed by atoms with Gasteiger partial charge in [0.1, 0.15) is 5.56 Å². The summed E-state index contributed by atoms with van der Waals surface area (Å²) in [4.78, 5) is 10.9. The second-order valence-corrected chi connectivity index (χ2v) is 3.65. The Morgan fingerprint density at radius 2 is 2.00 bits per heavy atom. The Morgan fingerprint density at radius 1 is 1.31 bits per heavy atom. The summed E-state index contributed by atoms with van der Waals surface area (Å²) in [5, 5.41) is 13.0. The number of rotatable bonds is 2. The zero-order valence-electron chi connectivity index (χ0n) is 9.14. The van der Waals surface area contributed by atoms with Crippen molar-refractivity contribution in [2.45, 2.75) is 13.8 Å². The van der Waals surface area contributed by atoms with Crippen molar-refractivity contribution in [2.24, 2.45) is 0 Å². The molecule has 0 radical (unpaired) electrons. The molecule has 0 amide bonds. The molecule has 0 fully saturated rings. The lowest BCUT2D eigenvalue weighted by Crippen LogP contribution is -2.03. The Kier molecular flexibility index (Phi) is 2.48. The molecular weight excluding hydrogens is 204 g/mol. The summed E-state index contributed by atoms with van der Waals surface area (Å²) in [5.74, 6) is -0.947. The van der Waals surface area contributed by atoms with E-state index in [1.165, 1.54) is 6.20 Å². The Labute approximate surface area is 93.1 Å². The summed E-state index contributed by atoms with van der Waals surface area (Å²) >= 11 is 0. The van der Waals surface area contributed by atoms with Crippen LogP contribution in [0.15, 0.2) is 30.5 Å². The highest BCUT2D eigenvalue weighted by Crippen LogP contribution is 2.17. The Morgan fingerprint density at radius 3 is 2.56 bits per heavy atom. The maximum absolute atomic E-state index is 10.9. The van der Waals surface area contributed by atoms with Crippen LogP contribution in [0.2, 0.25) is 0 Å². The molecule has 2 rings (SSSR count). The van der Waals surface area contributed by atoms with Gasteiger partial charge in [-0.05, 0) is 25.5 Å². The molecule has 0 atom stereocenters. The standard InChI is InChI=1S/C12H12N2O2/c1-8-5-3-4-6-11(8)14-9(2)10(7-13-14)12(15)16/h3-7H,1-2H3,(H,15,16). The van der Waals surface area contributed by atoms with E-state index in [1.807, 2.05) is 31.2 Å². The van der Waals surface area contributed by atoms with Crippen LogP contribution in [0, 0.1) is 13.8 Å². The van der Waals surface area contributed by atoms with E-state index in [4.69, 9.17) is 5.11 Å². The summed E-state index contributed by atoms with van der Waals surface area (Å²) in [6.07, 6.45) is 1.38. The minimum Gasteiger partial charge on any atom is -0.478 e. The predicted octanol–water partition coefficient (Wildman–Crippen LogP) is 2.19. The molecule has 0 bridgehead atoms. The first-order chi connectivity index (χ1) is 7.61. The van der Waals surface area contributed by atoms with E-state index in [0.717, 1.165) is 11.3 Å². The third-order valence-corrected chi connectivity index (χ3v) is 2.58. The fourth-order valence-electron chi connectivity index (χ4n) is 1.66. The number of hydrogen-bond donors (Lipinski definition) is 1. The van der Waals surface area contributed by atoms with Crippen LogP contribution in [-0.2, 0) is 0 Å². The Balaban J connectivity index is 2.58. The number of aromatic carboxylic acids is 1. The zero-order chi connectivity index (χ0) is 11.7. The molecule has 1 N–H and O–H groups in total. The largest absolute Gasteiger partial charge is 0.478 e. The van der Waals surface area contributed by atoms with Gasteiger partial charge in [0, 0.05) is 0 Å². The lowest BCUT2D eigenvalue weighted by atomic mass is 10.2. The average molecular weight is 216 g/mol. The summed E-state index contributed by atoms with van der Waals surface area (Å²) in [5.41, 5.74) is 2.85. The number of nitrogens with zero attached hydrogens (tertiary/aromatic N) is 2. The summed E-state index contributed by atoms with van der Waals surface area (Å²) in [6.45, 7) is 3.72. The molecule has 0 saturated heterocycles. The van der Waals surface area contributed by atoms with Crippen LogP contribution in [0.3, 0.4) is 0 Å². The maximum atomic E-state index is 10.9. The Hall–Kier alpha value is -2.10. The van der Waals surface area contributed by atoms with Crippen molar-refractivity contribution < 1.29 is 9.90 Å². The minimum atomic E-state index is -0.947. The number of benzene rings is 1. The van der Waals surface area contributed by atoms with Gasteiger partial charge in [-0.15, -0.1) is 0 Å². The van der Waals surface area contributed by atoms with Gasteiger partial charge in [-0.3, -0.25) is 0 Å². The summed E-state index contributed by atoms with van der Waals surface area (Å²) in [7, 11) is 0. The molecule has 0 aliphatic carbocycles. The van der Waals surface area contributed by atoms with Crippen LogP contribution in [0.25, 0.3) is 5.69 Å². The highest BCUT2D eigenvalue weighted by molar-refractivity contribution is 5.88. The van der Waals surface area contributed by atoms with Gasteiger partial charge in [-0.2, -0.15) is 5.10 Å². The number of hydrogen-bond acceptors (Lipinski definition) is 2. The first-order valence-corrected chi connectivity index (χ1v) is 4.95. The highest BCUT2D eigenvalue weighted by Gasteiger charge is 2.14. The number of carbonyl (C=O) groups is 1. The molecule has 0 saturated carbocycles. The molecule has 1 aromatic heterocycles. The van der Waals surface area contributed by atoms with E-state index in [1.54, 1.807) is 11.6 Å². The van der Waals surface area contributed by atoms with E-state index >= 15 is 0 Å². The fourth-order valence-corrected chi connectivity index (χ4v) is 1.66. The van der Waals surface area contributed by atoms with Crippen LogP contribution < -0.4 is 0 Å². The van der Waals surface area contributed by atoms with Crippen molar-refractivity contribution in [3.8, 4) is 5.69 Å². The van der Waals surface area contributed by atoms with E-state index in [-0.39, 0.29) is 5.56 Å². The highest BCUT2D eigenvalue weighted by atomic mass is 16.4. The lowest BCUT2D eigenvalue weighted by molar-refractivity contribution is 0.0696. The Bertz CT molecular complexity index is 544. The molecule has 0 aliphatic heterocycles. The van der Waals surface area contributed by atoms with Crippen molar-refractivity contribution in [3.05, 3.63) is 47.3 Å². The van der Waals surface area contributed by atoms with Gasteiger partial charge in [0.25, 0.3) is 0 Å². The molecule has 0 unspecified atom stereocenters. The summed E-state index contributed by atoms with van der Waals surface area (Å²) in [6, 6.07) is 7.73. The molecule has 1 heterocycles. The summed E-state index contributed by atoms with van der Waals surface area (Å²) < 4.78 is 1.65. The fraction of sp³-hybridized carbons (Fsp3) is 0.167.